The zero-order valence-electron chi connectivity index (χ0n) is 17.3. The van der Waals surface area contributed by atoms with Crippen molar-refractivity contribution >= 4 is 16.6 Å². The van der Waals surface area contributed by atoms with E-state index in [0.717, 1.165) is 21.9 Å². The minimum Gasteiger partial charge on any atom is -0.508 e. The van der Waals surface area contributed by atoms with Gasteiger partial charge in [-0.3, -0.25) is 4.79 Å². The number of phenolic OH excluding ortho intramolecular Hbond substituents is 2. The second-order valence-electron chi connectivity index (χ2n) is 7.72. The number of aliphatic hydroxyl groups excluding tert-OH is 2. The Morgan fingerprint density at radius 2 is 1.68 bits per heavy atom. The molecule has 0 aromatic heterocycles. The molecule has 6 heteroatoms. The highest BCUT2D eigenvalue weighted by Crippen LogP contribution is 2.29. The molecule has 0 saturated heterocycles. The summed E-state index contributed by atoms with van der Waals surface area (Å²) in [5, 5.41) is 40.2. The predicted molar refractivity (Wildman–Crippen MR) is 118 cm³/mol. The van der Waals surface area contributed by atoms with Crippen LogP contribution in [0.2, 0.25) is 0 Å². The lowest BCUT2D eigenvalue weighted by Gasteiger charge is -2.11. The smallest absolute Gasteiger partial charge is 0.161 e. The number of fused-ring (bicyclic) bond motifs is 1. The third-order valence-electron chi connectivity index (χ3n) is 5.16. The standard InChI is InChI=1S/C25H28O6/c26-11-1-2-21(27)15-23(29)8-4-17-5-10-24(30)25(13-17)31-16-18-3-6-20-14-22(28)9-7-19(20)12-18/h3,5-7,9-10,12-14,21,26-28,30H,1-2,4,8,11,15-16H2/t21-/m1/s1. The summed E-state index contributed by atoms with van der Waals surface area (Å²) in [5.41, 5.74) is 1.79. The lowest BCUT2D eigenvalue weighted by atomic mass is 10.0. The highest BCUT2D eigenvalue weighted by molar-refractivity contribution is 5.84. The number of benzene rings is 3. The first-order valence-corrected chi connectivity index (χ1v) is 10.4. The van der Waals surface area contributed by atoms with Crippen LogP contribution in [0.3, 0.4) is 0 Å². The lowest BCUT2D eigenvalue weighted by Crippen LogP contribution is -2.14. The minimum absolute atomic E-state index is 0.00430. The maximum atomic E-state index is 12.1. The fraction of sp³-hybridized carbons (Fsp3) is 0.320. The largest absolute Gasteiger partial charge is 0.508 e. The summed E-state index contributed by atoms with van der Waals surface area (Å²) in [7, 11) is 0. The molecule has 0 bridgehead atoms. The number of aryl methyl sites for hydroxylation is 1. The normalized spacial score (nSPS) is 12.1. The Morgan fingerprint density at radius 1 is 0.935 bits per heavy atom. The Morgan fingerprint density at radius 3 is 2.48 bits per heavy atom. The van der Waals surface area contributed by atoms with Crippen LogP contribution in [0, 0.1) is 0 Å². The van der Waals surface area contributed by atoms with E-state index in [1.165, 1.54) is 0 Å². The van der Waals surface area contributed by atoms with E-state index in [9.17, 15) is 20.1 Å². The third-order valence-corrected chi connectivity index (χ3v) is 5.16. The van der Waals surface area contributed by atoms with E-state index in [2.05, 4.69) is 0 Å². The molecule has 0 aliphatic heterocycles. The van der Waals surface area contributed by atoms with Crippen LogP contribution in [0.25, 0.3) is 10.8 Å². The van der Waals surface area contributed by atoms with Crippen LogP contribution >= 0.6 is 0 Å². The van der Waals surface area contributed by atoms with Crippen LogP contribution in [0.15, 0.2) is 54.6 Å². The van der Waals surface area contributed by atoms with Gasteiger partial charge in [0.1, 0.15) is 18.1 Å². The number of Topliss-reactive ketones (excluding diaryl/α,β-unsaturated/α-hetero) is 1. The van der Waals surface area contributed by atoms with Crippen LogP contribution in [0.5, 0.6) is 17.2 Å². The summed E-state index contributed by atoms with van der Waals surface area (Å²) in [5.74, 6) is 0.554. The van der Waals surface area contributed by atoms with Crippen molar-refractivity contribution in [3.63, 3.8) is 0 Å². The van der Waals surface area contributed by atoms with Gasteiger partial charge in [-0.05, 0) is 71.5 Å². The Kier molecular flexibility index (Phi) is 7.87. The van der Waals surface area contributed by atoms with Gasteiger partial charge in [0.2, 0.25) is 0 Å². The molecule has 0 heterocycles. The molecular formula is C25H28O6. The molecule has 3 rings (SSSR count). The Hall–Kier alpha value is -3.09. The van der Waals surface area contributed by atoms with E-state index in [4.69, 9.17) is 9.84 Å². The Balaban J connectivity index is 1.57. The number of aromatic hydroxyl groups is 2. The van der Waals surface area contributed by atoms with Crippen LogP contribution in [-0.4, -0.2) is 38.9 Å². The van der Waals surface area contributed by atoms with Gasteiger partial charge in [-0.2, -0.15) is 0 Å². The van der Waals surface area contributed by atoms with E-state index in [1.54, 1.807) is 30.3 Å². The summed E-state index contributed by atoms with van der Waals surface area (Å²) < 4.78 is 5.80. The molecular weight excluding hydrogens is 396 g/mol. The third kappa shape index (κ3) is 6.70. The van der Waals surface area contributed by atoms with Crippen molar-refractivity contribution in [1.29, 1.82) is 0 Å². The number of aliphatic hydroxyl groups is 2. The van der Waals surface area contributed by atoms with Gasteiger partial charge in [0.25, 0.3) is 0 Å². The Labute approximate surface area is 181 Å². The van der Waals surface area contributed by atoms with Crippen molar-refractivity contribution < 1.29 is 30.0 Å². The highest BCUT2D eigenvalue weighted by Gasteiger charge is 2.12. The number of carbonyl (C=O) groups excluding carboxylic acids is 1. The first-order chi connectivity index (χ1) is 14.9. The number of ketones is 1. The summed E-state index contributed by atoms with van der Waals surface area (Å²) >= 11 is 0. The molecule has 0 radical (unpaired) electrons. The van der Waals surface area contributed by atoms with Gasteiger partial charge in [-0.1, -0.05) is 24.3 Å². The number of rotatable bonds is 11. The molecule has 0 spiro atoms. The zero-order chi connectivity index (χ0) is 22.2. The van der Waals surface area contributed by atoms with Gasteiger partial charge < -0.3 is 25.2 Å². The molecule has 6 nitrogen and oxygen atoms in total. The maximum Gasteiger partial charge on any atom is 0.161 e. The van der Waals surface area contributed by atoms with E-state index in [1.807, 2.05) is 24.3 Å². The molecule has 3 aromatic rings. The van der Waals surface area contributed by atoms with Crippen LogP contribution in [-0.2, 0) is 17.8 Å². The summed E-state index contributed by atoms with van der Waals surface area (Å²) in [4.78, 5) is 12.1. The monoisotopic (exact) mass is 424 g/mol. The molecule has 0 aliphatic rings. The predicted octanol–water partition coefficient (Wildman–Crippen LogP) is 3.86. The molecule has 1 atom stereocenters. The molecule has 0 aliphatic carbocycles. The summed E-state index contributed by atoms with van der Waals surface area (Å²) in [6, 6.07) is 16.0. The topological polar surface area (TPSA) is 107 Å². The van der Waals surface area contributed by atoms with E-state index >= 15 is 0 Å². The van der Waals surface area contributed by atoms with Crippen LogP contribution < -0.4 is 4.74 Å². The molecule has 0 unspecified atom stereocenters. The van der Waals surface area contributed by atoms with Crippen LogP contribution in [0.1, 0.15) is 36.8 Å². The van der Waals surface area contributed by atoms with E-state index in [0.29, 0.717) is 25.0 Å². The number of carbonyl (C=O) groups is 1. The lowest BCUT2D eigenvalue weighted by molar-refractivity contribution is -0.121. The fourth-order valence-electron chi connectivity index (χ4n) is 3.44. The van der Waals surface area contributed by atoms with Gasteiger partial charge in [0.05, 0.1) is 6.10 Å². The highest BCUT2D eigenvalue weighted by atomic mass is 16.5. The van der Waals surface area contributed by atoms with Crippen molar-refractivity contribution in [1.82, 2.24) is 0 Å². The average molecular weight is 424 g/mol. The van der Waals surface area contributed by atoms with Crippen molar-refractivity contribution in [2.45, 2.75) is 44.8 Å². The van der Waals surface area contributed by atoms with Crippen LogP contribution in [0.4, 0.5) is 0 Å². The molecule has 4 N–H and O–H groups in total. The van der Waals surface area contributed by atoms with Crippen molar-refractivity contribution in [3.8, 4) is 17.2 Å². The van der Waals surface area contributed by atoms with Crippen molar-refractivity contribution in [3.05, 3.63) is 65.7 Å². The fourth-order valence-corrected chi connectivity index (χ4v) is 3.44. The number of phenols is 2. The van der Waals surface area contributed by atoms with Gasteiger partial charge in [-0.25, -0.2) is 0 Å². The molecule has 164 valence electrons. The molecule has 0 fully saturated rings. The van der Waals surface area contributed by atoms with Gasteiger partial charge in [0, 0.05) is 19.4 Å². The van der Waals surface area contributed by atoms with Crippen molar-refractivity contribution in [2.24, 2.45) is 0 Å². The summed E-state index contributed by atoms with van der Waals surface area (Å²) in [6.45, 7) is 0.272. The van der Waals surface area contributed by atoms with Gasteiger partial charge >= 0.3 is 0 Å². The first kappa shape index (κ1) is 22.6. The number of ether oxygens (including phenoxy) is 1. The van der Waals surface area contributed by atoms with E-state index in [-0.39, 0.29) is 43.3 Å². The second kappa shape index (κ2) is 10.8. The SMILES string of the molecule is O=C(CCc1ccc(O)c(OCc2ccc3cc(O)ccc3c2)c1)C[C@H](O)CCCO. The minimum atomic E-state index is -0.718. The number of hydrogen-bond acceptors (Lipinski definition) is 6. The molecule has 0 saturated carbocycles. The number of hydrogen-bond donors (Lipinski definition) is 4. The van der Waals surface area contributed by atoms with Gasteiger partial charge in [-0.15, -0.1) is 0 Å². The zero-order valence-corrected chi connectivity index (χ0v) is 17.3. The maximum absolute atomic E-state index is 12.1. The quantitative estimate of drug-likeness (QED) is 0.372. The molecule has 3 aromatic carbocycles. The molecule has 31 heavy (non-hydrogen) atoms. The van der Waals surface area contributed by atoms with Crippen molar-refractivity contribution in [2.75, 3.05) is 6.61 Å². The average Bonchev–Trinajstić information content (AvgIpc) is 2.76. The second-order valence-corrected chi connectivity index (χ2v) is 7.72. The first-order valence-electron chi connectivity index (χ1n) is 10.4. The summed E-state index contributed by atoms with van der Waals surface area (Å²) in [6.07, 6.45) is 1.03. The molecule has 0 amide bonds. The van der Waals surface area contributed by atoms with E-state index < -0.39 is 6.10 Å². The Bertz CT molecular complexity index is 1030. The van der Waals surface area contributed by atoms with Gasteiger partial charge in [0.15, 0.2) is 11.5 Å².